The van der Waals surface area contributed by atoms with E-state index in [1.807, 2.05) is 24.3 Å². The molecular weight excluding hydrogens is 385 g/mol. The molecule has 0 spiro atoms. The summed E-state index contributed by atoms with van der Waals surface area (Å²) in [7, 11) is 0. The molecule has 0 fully saturated rings. The summed E-state index contributed by atoms with van der Waals surface area (Å²) in [5.41, 5.74) is 4.96. The van der Waals surface area contributed by atoms with Crippen molar-refractivity contribution in [3.63, 3.8) is 0 Å². The Morgan fingerprint density at radius 1 is 1.07 bits per heavy atom. The van der Waals surface area contributed by atoms with Gasteiger partial charge in [-0.3, -0.25) is 9.59 Å². The van der Waals surface area contributed by atoms with Crippen LogP contribution < -0.4 is 10.7 Å². The third-order valence-corrected chi connectivity index (χ3v) is 4.56. The van der Waals surface area contributed by atoms with Crippen molar-refractivity contribution >= 4 is 41.2 Å². The Bertz CT molecular complexity index is 834. The van der Waals surface area contributed by atoms with Gasteiger partial charge in [-0.2, -0.15) is 5.10 Å². The molecule has 0 aliphatic rings. The molecule has 0 aliphatic carbocycles. The van der Waals surface area contributed by atoms with Gasteiger partial charge in [0.05, 0.1) is 16.3 Å². The van der Waals surface area contributed by atoms with Crippen molar-refractivity contribution in [1.82, 2.24) is 10.7 Å². The van der Waals surface area contributed by atoms with E-state index in [4.69, 9.17) is 23.2 Å². The maximum atomic E-state index is 12.0. The van der Waals surface area contributed by atoms with E-state index in [1.54, 1.807) is 18.3 Å². The number of nitrogens with zero attached hydrogens (tertiary/aromatic N) is 1. The fourth-order valence-corrected chi connectivity index (χ4v) is 2.53. The second-order valence-corrected chi connectivity index (χ2v) is 7.06. The van der Waals surface area contributed by atoms with Crippen molar-refractivity contribution < 1.29 is 9.59 Å². The van der Waals surface area contributed by atoms with Crippen LogP contribution in [-0.4, -0.2) is 24.6 Å². The highest BCUT2D eigenvalue weighted by Crippen LogP contribution is 2.22. The summed E-state index contributed by atoms with van der Waals surface area (Å²) in [5, 5.41) is 7.25. The van der Waals surface area contributed by atoms with Gasteiger partial charge in [-0.15, -0.1) is 0 Å². The lowest BCUT2D eigenvalue weighted by molar-refractivity contribution is -0.120. The van der Waals surface area contributed by atoms with Gasteiger partial charge in [-0.05, 0) is 35.2 Å². The average molecular weight is 406 g/mol. The Morgan fingerprint density at radius 2 is 1.78 bits per heavy atom. The Kier molecular flexibility index (Phi) is 7.82. The van der Waals surface area contributed by atoms with Gasteiger partial charge in [-0.1, -0.05) is 61.3 Å². The summed E-state index contributed by atoms with van der Waals surface area (Å²) in [4.78, 5) is 23.8. The van der Waals surface area contributed by atoms with E-state index in [2.05, 4.69) is 29.7 Å². The molecule has 2 amide bonds. The predicted octanol–water partition coefficient (Wildman–Crippen LogP) is 4.39. The van der Waals surface area contributed by atoms with Crippen LogP contribution in [0.5, 0.6) is 0 Å². The molecule has 2 rings (SSSR count). The van der Waals surface area contributed by atoms with Crippen LogP contribution in [-0.2, 0) is 4.79 Å². The molecule has 0 radical (unpaired) electrons. The Labute approximate surface area is 168 Å². The van der Waals surface area contributed by atoms with Gasteiger partial charge in [0.25, 0.3) is 5.91 Å². The third-order valence-electron chi connectivity index (χ3n) is 3.83. The van der Waals surface area contributed by atoms with Crippen molar-refractivity contribution in [2.45, 2.75) is 26.2 Å². The van der Waals surface area contributed by atoms with Gasteiger partial charge in [0, 0.05) is 18.5 Å². The van der Waals surface area contributed by atoms with E-state index in [0.29, 0.717) is 21.5 Å². The Hall–Kier alpha value is -2.37. The van der Waals surface area contributed by atoms with Gasteiger partial charge in [-0.25, -0.2) is 5.43 Å². The van der Waals surface area contributed by atoms with E-state index in [1.165, 1.54) is 11.6 Å². The highest BCUT2D eigenvalue weighted by molar-refractivity contribution is 6.42. The number of carbonyl (C=O) groups is 2. The molecule has 27 heavy (non-hydrogen) atoms. The molecular formula is C20H21Cl2N3O2. The highest BCUT2D eigenvalue weighted by Gasteiger charge is 2.08. The SMILES string of the molecule is CC(C)c1ccc(C=NNC(=O)CCNC(=O)c2ccc(Cl)c(Cl)c2)cc1. The number of hydrogen-bond donors (Lipinski definition) is 2. The molecule has 0 atom stereocenters. The fraction of sp³-hybridized carbons (Fsp3) is 0.250. The lowest BCUT2D eigenvalue weighted by Crippen LogP contribution is -2.29. The zero-order valence-electron chi connectivity index (χ0n) is 15.1. The van der Waals surface area contributed by atoms with E-state index in [0.717, 1.165) is 5.56 Å². The maximum absolute atomic E-state index is 12.0. The van der Waals surface area contributed by atoms with Crippen molar-refractivity contribution in [3.8, 4) is 0 Å². The number of carbonyl (C=O) groups excluding carboxylic acids is 2. The number of benzene rings is 2. The first-order chi connectivity index (χ1) is 12.9. The lowest BCUT2D eigenvalue weighted by Gasteiger charge is -2.06. The van der Waals surface area contributed by atoms with Crippen molar-refractivity contribution in [2.75, 3.05) is 6.54 Å². The molecule has 0 unspecified atom stereocenters. The second kappa shape index (κ2) is 10.1. The molecule has 0 heterocycles. The fourth-order valence-electron chi connectivity index (χ4n) is 2.23. The van der Waals surface area contributed by atoms with Crippen LogP contribution in [0.3, 0.4) is 0 Å². The van der Waals surface area contributed by atoms with Gasteiger partial charge < -0.3 is 5.32 Å². The Morgan fingerprint density at radius 3 is 2.41 bits per heavy atom. The maximum Gasteiger partial charge on any atom is 0.251 e. The average Bonchev–Trinajstić information content (AvgIpc) is 2.64. The normalized spacial score (nSPS) is 11.0. The topological polar surface area (TPSA) is 70.6 Å². The van der Waals surface area contributed by atoms with Crippen LogP contribution in [0.4, 0.5) is 0 Å². The van der Waals surface area contributed by atoms with Crippen LogP contribution in [0.15, 0.2) is 47.6 Å². The van der Waals surface area contributed by atoms with Gasteiger partial charge >= 0.3 is 0 Å². The molecule has 5 nitrogen and oxygen atoms in total. The van der Waals surface area contributed by atoms with E-state index in [9.17, 15) is 9.59 Å². The standard InChI is InChI=1S/C20H21Cl2N3O2/c1-13(2)15-5-3-14(4-6-15)12-24-25-19(26)9-10-23-20(27)16-7-8-17(21)18(22)11-16/h3-8,11-13H,9-10H2,1-2H3,(H,23,27)(H,25,26). The van der Waals surface area contributed by atoms with Gasteiger partial charge in [0.15, 0.2) is 0 Å². The molecule has 2 N–H and O–H groups in total. The van der Waals surface area contributed by atoms with Crippen LogP contribution >= 0.6 is 23.2 Å². The summed E-state index contributed by atoms with van der Waals surface area (Å²) < 4.78 is 0. The zero-order chi connectivity index (χ0) is 19.8. The molecule has 0 aromatic heterocycles. The molecule has 142 valence electrons. The van der Waals surface area contributed by atoms with Gasteiger partial charge in [0.1, 0.15) is 0 Å². The van der Waals surface area contributed by atoms with E-state index >= 15 is 0 Å². The number of hydrazone groups is 1. The number of nitrogens with one attached hydrogen (secondary N) is 2. The smallest absolute Gasteiger partial charge is 0.251 e. The molecule has 0 saturated carbocycles. The minimum Gasteiger partial charge on any atom is -0.352 e. The lowest BCUT2D eigenvalue weighted by atomic mass is 10.0. The first kappa shape index (κ1) is 20.9. The number of rotatable bonds is 7. The van der Waals surface area contributed by atoms with Crippen LogP contribution in [0.25, 0.3) is 0 Å². The molecule has 2 aromatic carbocycles. The number of halogens is 2. The molecule has 0 saturated heterocycles. The van der Waals surface area contributed by atoms with Crippen LogP contribution in [0.1, 0.15) is 47.7 Å². The summed E-state index contributed by atoms with van der Waals surface area (Å²) in [6.45, 7) is 4.44. The van der Waals surface area contributed by atoms with Crippen LogP contribution in [0.2, 0.25) is 10.0 Å². The summed E-state index contributed by atoms with van der Waals surface area (Å²) >= 11 is 11.7. The summed E-state index contributed by atoms with van der Waals surface area (Å²) in [6.07, 6.45) is 1.69. The zero-order valence-corrected chi connectivity index (χ0v) is 16.6. The third kappa shape index (κ3) is 6.70. The van der Waals surface area contributed by atoms with Gasteiger partial charge in [0.2, 0.25) is 5.91 Å². The minimum absolute atomic E-state index is 0.108. The first-order valence-electron chi connectivity index (χ1n) is 8.52. The second-order valence-electron chi connectivity index (χ2n) is 6.25. The largest absolute Gasteiger partial charge is 0.352 e. The quantitative estimate of drug-likeness (QED) is 0.529. The summed E-state index contributed by atoms with van der Waals surface area (Å²) in [5.74, 6) is -0.149. The monoisotopic (exact) mass is 405 g/mol. The van der Waals surface area contributed by atoms with Crippen molar-refractivity contribution in [2.24, 2.45) is 5.10 Å². The Balaban J connectivity index is 1.74. The number of amides is 2. The number of hydrogen-bond acceptors (Lipinski definition) is 3. The van der Waals surface area contributed by atoms with Crippen molar-refractivity contribution in [3.05, 3.63) is 69.2 Å². The van der Waals surface area contributed by atoms with E-state index in [-0.39, 0.29) is 24.8 Å². The molecule has 0 aliphatic heterocycles. The predicted molar refractivity (Wildman–Crippen MR) is 110 cm³/mol. The first-order valence-corrected chi connectivity index (χ1v) is 9.27. The summed E-state index contributed by atoms with van der Waals surface area (Å²) in [6, 6.07) is 12.6. The molecule has 2 aromatic rings. The molecule has 0 bridgehead atoms. The molecule has 7 heteroatoms. The van der Waals surface area contributed by atoms with Crippen LogP contribution in [0, 0.1) is 0 Å². The van der Waals surface area contributed by atoms with E-state index < -0.39 is 0 Å². The van der Waals surface area contributed by atoms with Crippen molar-refractivity contribution in [1.29, 1.82) is 0 Å². The highest BCUT2D eigenvalue weighted by atomic mass is 35.5. The minimum atomic E-state index is -0.324.